The Morgan fingerprint density at radius 2 is 0.722 bits per heavy atom. The number of hydrogen-bond donors (Lipinski definition) is 2. The van der Waals surface area contributed by atoms with E-state index in [1.165, 1.54) is 0 Å². The van der Waals surface area contributed by atoms with E-state index >= 15 is 0 Å². The van der Waals surface area contributed by atoms with Crippen molar-refractivity contribution in [2.24, 2.45) is 0 Å². The quantitative estimate of drug-likeness (QED) is 0.286. The van der Waals surface area contributed by atoms with Crippen molar-refractivity contribution in [2.45, 2.75) is 11.2 Å². The molecule has 172 valence electrons. The summed E-state index contributed by atoms with van der Waals surface area (Å²) in [6.07, 6.45) is 0. The predicted molar refractivity (Wildman–Crippen MR) is 146 cm³/mol. The van der Waals surface area contributed by atoms with Gasteiger partial charge in [-0.05, 0) is 43.8 Å². The number of fused-ring (bicyclic) bond motifs is 7. The van der Waals surface area contributed by atoms with Crippen LogP contribution in [-0.4, -0.2) is 10.2 Å². The number of rotatable bonds is 2. The van der Waals surface area contributed by atoms with Crippen LogP contribution in [0.1, 0.15) is 22.3 Å². The van der Waals surface area contributed by atoms with Gasteiger partial charge in [0.25, 0.3) is 0 Å². The highest BCUT2D eigenvalue weighted by Gasteiger charge is 2.58. The van der Waals surface area contributed by atoms with Crippen LogP contribution in [0.2, 0.25) is 0 Å². The second kappa shape index (κ2) is 7.63. The van der Waals surface area contributed by atoms with Gasteiger partial charge in [0.2, 0.25) is 0 Å². The van der Waals surface area contributed by atoms with Crippen LogP contribution in [0.5, 0.6) is 0 Å². The minimum Gasteiger partial charge on any atom is -0.377 e. The maximum atomic E-state index is 13.0. The van der Waals surface area contributed by atoms with Gasteiger partial charge in [0.15, 0.2) is 11.2 Å². The Morgan fingerprint density at radius 3 is 1.14 bits per heavy atom. The van der Waals surface area contributed by atoms with Crippen LogP contribution >= 0.6 is 0 Å². The van der Waals surface area contributed by atoms with E-state index in [2.05, 4.69) is 24.3 Å². The number of hydrogen-bond acceptors (Lipinski definition) is 2. The van der Waals surface area contributed by atoms with Gasteiger partial charge in [0.05, 0.1) is 0 Å². The Hall–Kier alpha value is -4.24. The van der Waals surface area contributed by atoms with E-state index in [1.54, 1.807) is 0 Å². The molecule has 2 atom stereocenters. The first kappa shape index (κ1) is 21.1. The third-order valence-electron chi connectivity index (χ3n) is 7.79. The van der Waals surface area contributed by atoms with Crippen molar-refractivity contribution in [1.29, 1.82) is 0 Å². The lowest BCUT2D eigenvalue weighted by molar-refractivity contribution is -0.114. The molecule has 6 aromatic rings. The van der Waals surface area contributed by atoms with Crippen molar-refractivity contribution >= 4 is 21.5 Å². The van der Waals surface area contributed by atoms with Crippen molar-refractivity contribution in [3.05, 3.63) is 156 Å². The lowest BCUT2D eigenvalue weighted by Crippen LogP contribution is -2.53. The standard InChI is InChI=1S/C34H24O2/c35-33(25-13-3-1-4-14-25)29-21-19-23-11-7-9-17-27(23)31(29)32-28-18-10-8-12-24(28)20-22-30(32)34(33,36)26-15-5-2-6-16-26/h1-22,35-36H/t33-,34-/m1/s1. The second-order valence-electron chi connectivity index (χ2n) is 9.57. The molecule has 0 saturated heterocycles. The van der Waals surface area contributed by atoms with E-state index in [1.807, 2.05) is 109 Å². The van der Waals surface area contributed by atoms with E-state index in [9.17, 15) is 10.2 Å². The molecule has 0 unspecified atom stereocenters. The third-order valence-corrected chi connectivity index (χ3v) is 7.79. The summed E-state index contributed by atoms with van der Waals surface area (Å²) < 4.78 is 0. The summed E-state index contributed by atoms with van der Waals surface area (Å²) in [5, 5.41) is 30.3. The van der Waals surface area contributed by atoms with Crippen molar-refractivity contribution in [3.8, 4) is 11.1 Å². The fourth-order valence-electron chi connectivity index (χ4n) is 6.16. The van der Waals surface area contributed by atoms with Gasteiger partial charge in [-0.25, -0.2) is 0 Å². The fourth-order valence-corrected chi connectivity index (χ4v) is 6.16. The second-order valence-corrected chi connectivity index (χ2v) is 9.57. The average Bonchev–Trinajstić information content (AvgIpc) is 2.95. The Labute approximate surface area is 209 Å². The zero-order valence-electron chi connectivity index (χ0n) is 19.6. The van der Waals surface area contributed by atoms with Crippen molar-refractivity contribution < 1.29 is 10.2 Å². The molecule has 0 heterocycles. The molecule has 2 nitrogen and oxygen atoms in total. The van der Waals surface area contributed by atoms with E-state index in [0.29, 0.717) is 22.3 Å². The largest absolute Gasteiger partial charge is 0.377 e. The topological polar surface area (TPSA) is 40.5 Å². The molecule has 2 heteroatoms. The molecule has 0 aliphatic heterocycles. The predicted octanol–water partition coefficient (Wildman–Crippen LogP) is 7.15. The first-order valence-electron chi connectivity index (χ1n) is 12.2. The molecule has 7 rings (SSSR count). The van der Waals surface area contributed by atoms with Gasteiger partial charge in [-0.3, -0.25) is 0 Å². The van der Waals surface area contributed by atoms with Crippen LogP contribution in [0.3, 0.4) is 0 Å². The molecular formula is C34H24O2. The molecule has 2 N–H and O–H groups in total. The zero-order chi connectivity index (χ0) is 24.3. The summed E-state index contributed by atoms with van der Waals surface area (Å²) in [5.41, 5.74) is 1.15. The van der Waals surface area contributed by atoms with Crippen LogP contribution < -0.4 is 0 Å². The van der Waals surface area contributed by atoms with Crippen LogP contribution in [0.4, 0.5) is 0 Å². The number of aliphatic hydroxyl groups is 2. The van der Waals surface area contributed by atoms with Crippen molar-refractivity contribution in [2.75, 3.05) is 0 Å². The Balaban J connectivity index is 1.75. The summed E-state index contributed by atoms with van der Waals surface area (Å²) in [6.45, 7) is 0. The van der Waals surface area contributed by atoms with Crippen molar-refractivity contribution in [1.82, 2.24) is 0 Å². The maximum Gasteiger partial charge on any atom is 0.152 e. The van der Waals surface area contributed by atoms with Gasteiger partial charge < -0.3 is 10.2 Å². The molecule has 0 bridgehead atoms. The Kier molecular flexibility index (Phi) is 4.47. The molecule has 36 heavy (non-hydrogen) atoms. The first-order valence-corrected chi connectivity index (χ1v) is 12.2. The van der Waals surface area contributed by atoms with Gasteiger partial charge in [0, 0.05) is 11.1 Å². The third kappa shape index (κ3) is 2.63. The van der Waals surface area contributed by atoms with Gasteiger partial charge >= 0.3 is 0 Å². The average molecular weight is 465 g/mol. The lowest BCUT2D eigenvalue weighted by atomic mass is 9.59. The minimum absolute atomic E-state index is 0.645. The van der Waals surface area contributed by atoms with Gasteiger partial charge in [-0.1, -0.05) is 133 Å². The number of benzene rings is 6. The summed E-state index contributed by atoms with van der Waals surface area (Å²) >= 11 is 0. The van der Waals surface area contributed by atoms with Crippen LogP contribution in [0, 0.1) is 0 Å². The highest BCUT2D eigenvalue weighted by molar-refractivity contribution is 6.09. The summed E-state index contributed by atoms with van der Waals surface area (Å²) in [5.74, 6) is 0. The molecule has 6 aromatic carbocycles. The summed E-state index contributed by atoms with van der Waals surface area (Å²) in [7, 11) is 0. The van der Waals surface area contributed by atoms with Crippen LogP contribution in [0.15, 0.2) is 133 Å². The molecule has 0 spiro atoms. The molecule has 0 saturated carbocycles. The molecule has 0 aromatic heterocycles. The normalized spacial score (nSPS) is 20.7. The fraction of sp³-hybridized carbons (Fsp3) is 0.0588. The van der Waals surface area contributed by atoms with E-state index < -0.39 is 11.2 Å². The molecule has 1 aliphatic carbocycles. The SMILES string of the molecule is O[C@]1(c2ccccc2)c2ccc3ccccc3c2-c2c(ccc3ccccc23)[C@]1(O)c1ccccc1. The summed E-state index contributed by atoms with van der Waals surface area (Å²) in [4.78, 5) is 0. The minimum atomic E-state index is -1.73. The molecular weight excluding hydrogens is 440 g/mol. The van der Waals surface area contributed by atoms with Gasteiger partial charge in [-0.2, -0.15) is 0 Å². The van der Waals surface area contributed by atoms with Gasteiger partial charge in [-0.15, -0.1) is 0 Å². The highest BCUT2D eigenvalue weighted by Crippen LogP contribution is 2.59. The highest BCUT2D eigenvalue weighted by atomic mass is 16.4. The molecule has 0 radical (unpaired) electrons. The van der Waals surface area contributed by atoms with Gasteiger partial charge in [0.1, 0.15) is 0 Å². The van der Waals surface area contributed by atoms with Crippen LogP contribution in [-0.2, 0) is 11.2 Å². The maximum absolute atomic E-state index is 13.0. The smallest absolute Gasteiger partial charge is 0.152 e. The Morgan fingerprint density at radius 1 is 0.361 bits per heavy atom. The lowest BCUT2D eigenvalue weighted by Gasteiger charge is -2.50. The van der Waals surface area contributed by atoms with E-state index in [-0.39, 0.29) is 0 Å². The zero-order valence-corrected chi connectivity index (χ0v) is 19.6. The van der Waals surface area contributed by atoms with E-state index in [4.69, 9.17) is 0 Å². The molecule has 0 amide bonds. The van der Waals surface area contributed by atoms with E-state index in [0.717, 1.165) is 32.7 Å². The first-order chi connectivity index (χ1) is 17.6. The summed E-state index contributed by atoms with van der Waals surface area (Å²) in [6, 6.07) is 43.7. The van der Waals surface area contributed by atoms with Crippen LogP contribution in [0.25, 0.3) is 32.7 Å². The monoisotopic (exact) mass is 464 g/mol. The molecule has 1 aliphatic rings. The Bertz CT molecular complexity index is 1620. The van der Waals surface area contributed by atoms with Crippen molar-refractivity contribution in [3.63, 3.8) is 0 Å². The molecule has 0 fully saturated rings.